The average Bonchev–Trinajstić information content (AvgIpc) is 2.37. The molecule has 3 heterocycles. The zero-order valence-corrected chi connectivity index (χ0v) is 12.1. The second-order valence-corrected chi connectivity index (χ2v) is 6.21. The molecule has 100 valence electrons. The molecule has 2 atom stereocenters. The highest BCUT2D eigenvalue weighted by Gasteiger charge is 2.40. The predicted octanol–water partition coefficient (Wildman–Crippen LogP) is 2.57. The lowest BCUT2D eigenvalue weighted by atomic mass is 9.83. The molecular formula is C14H15BrN2O2. The number of amides is 1. The van der Waals surface area contributed by atoms with Crippen LogP contribution >= 0.6 is 15.9 Å². The standard InChI is InChI=1S/C14H15BrN2O2/c15-10-4-9(7-16-8-10)14(19)17-11-2-1-3-12(17)6-13(18)5-11/h4,7-8,11-12H,1-3,5-6H2. The number of hydrogen-bond acceptors (Lipinski definition) is 3. The van der Waals surface area contributed by atoms with E-state index >= 15 is 0 Å². The number of rotatable bonds is 1. The fraction of sp³-hybridized carbons (Fsp3) is 0.500. The summed E-state index contributed by atoms with van der Waals surface area (Å²) in [5.74, 6) is 0.308. The molecule has 2 aliphatic rings. The first-order chi connectivity index (χ1) is 9.15. The maximum atomic E-state index is 12.6. The van der Waals surface area contributed by atoms with Crippen LogP contribution in [0.4, 0.5) is 0 Å². The Kier molecular flexibility index (Phi) is 3.39. The topological polar surface area (TPSA) is 50.3 Å². The monoisotopic (exact) mass is 322 g/mol. The van der Waals surface area contributed by atoms with E-state index in [1.165, 1.54) is 0 Å². The van der Waals surface area contributed by atoms with Gasteiger partial charge in [-0.1, -0.05) is 0 Å². The van der Waals surface area contributed by atoms with Crippen LogP contribution in [-0.2, 0) is 4.79 Å². The van der Waals surface area contributed by atoms with Crippen molar-refractivity contribution in [2.45, 2.75) is 44.2 Å². The van der Waals surface area contributed by atoms with Crippen LogP contribution in [0.1, 0.15) is 42.5 Å². The maximum Gasteiger partial charge on any atom is 0.255 e. The minimum absolute atomic E-state index is 0.0102. The number of piperidine rings is 2. The first-order valence-corrected chi connectivity index (χ1v) is 7.39. The molecule has 1 aromatic rings. The number of carbonyl (C=O) groups excluding carboxylic acids is 2. The highest BCUT2D eigenvalue weighted by Crippen LogP contribution is 2.33. The summed E-state index contributed by atoms with van der Waals surface area (Å²) in [5.41, 5.74) is 0.598. The third-order valence-corrected chi connectivity index (χ3v) is 4.41. The number of carbonyl (C=O) groups is 2. The molecule has 0 aliphatic carbocycles. The third-order valence-electron chi connectivity index (χ3n) is 3.97. The Morgan fingerprint density at radius 1 is 1.26 bits per heavy atom. The predicted molar refractivity (Wildman–Crippen MR) is 73.8 cm³/mol. The van der Waals surface area contributed by atoms with Crippen molar-refractivity contribution in [3.05, 3.63) is 28.5 Å². The average molecular weight is 323 g/mol. The number of Topliss-reactive ketones (excluding diaryl/α,β-unsaturated/α-hetero) is 1. The molecule has 4 nitrogen and oxygen atoms in total. The van der Waals surface area contributed by atoms with Gasteiger partial charge in [0.05, 0.1) is 5.56 Å². The van der Waals surface area contributed by atoms with Crippen molar-refractivity contribution in [1.82, 2.24) is 9.88 Å². The summed E-state index contributed by atoms with van der Waals surface area (Å²) in [6.45, 7) is 0. The minimum atomic E-state index is 0.0102. The lowest BCUT2D eigenvalue weighted by Crippen LogP contribution is -2.54. The molecule has 0 saturated carbocycles. The molecular weight excluding hydrogens is 308 g/mol. The van der Waals surface area contributed by atoms with Crippen molar-refractivity contribution >= 4 is 27.6 Å². The first-order valence-electron chi connectivity index (χ1n) is 6.60. The number of ketones is 1. The lowest BCUT2D eigenvalue weighted by molar-refractivity contribution is -0.125. The van der Waals surface area contributed by atoms with Gasteiger partial charge < -0.3 is 4.90 Å². The van der Waals surface area contributed by atoms with E-state index in [9.17, 15) is 9.59 Å². The Bertz CT molecular complexity index is 516. The number of fused-ring (bicyclic) bond motifs is 2. The number of hydrogen-bond donors (Lipinski definition) is 0. The van der Waals surface area contributed by atoms with Crippen molar-refractivity contribution in [1.29, 1.82) is 0 Å². The normalized spacial score (nSPS) is 26.4. The van der Waals surface area contributed by atoms with E-state index in [-0.39, 0.29) is 18.0 Å². The van der Waals surface area contributed by atoms with E-state index in [4.69, 9.17) is 0 Å². The van der Waals surface area contributed by atoms with Crippen LogP contribution in [0.5, 0.6) is 0 Å². The molecule has 1 aromatic heterocycles. The van der Waals surface area contributed by atoms with E-state index in [0.29, 0.717) is 24.2 Å². The van der Waals surface area contributed by atoms with Crippen molar-refractivity contribution < 1.29 is 9.59 Å². The molecule has 2 fully saturated rings. The summed E-state index contributed by atoms with van der Waals surface area (Å²) < 4.78 is 0.802. The van der Waals surface area contributed by atoms with E-state index in [1.54, 1.807) is 18.5 Å². The molecule has 3 rings (SSSR count). The Labute approximate surface area is 120 Å². The zero-order chi connectivity index (χ0) is 13.4. The van der Waals surface area contributed by atoms with Crippen LogP contribution in [0.3, 0.4) is 0 Å². The quantitative estimate of drug-likeness (QED) is 0.798. The molecule has 1 amide bonds. The fourth-order valence-corrected chi connectivity index (χ4v) is 3.55. The van der Waals surface area contributed by atoms with E-state index in [1.807, 2.05) is 4.90 Å². The molecule has 0 aromatic carbocycles. The Morgan fingerprint density at radius 2 is 1.95 bits per heavy atom. The van der Waals surface area contributed by atoms with Gasteiger partial charge in [0, 0.05) is 41.8 Å². The molecule has 2 unspecified atom stereocenters. The van der Waals surface area contributed by atoms with Gasteiger partial charge in [0.25, 0.3) is 5.91 Å². The second-order valence-electron chi connectivity index (χ2n) is 5.29. The van der Waals surface area contributed by atoms with Gasteiger partial charge in [-0.15, -0.1) is 0 Å². The van der Waals surface area contributed by atoms with Gasteiger partial charge in [0.2, 0.25) is 0 Å². The van der Waals surface area contributed by atoms with Crippen LogP contribution in [0.2, 0.25) is 0 Å². The van der Waals surface area contributed by atoms with Gasteiger partial charge in [-0.05, 0) is 41.3 Å². The fourth-order valence-electron chi connectivity index (χ4n) is 3.18. The van der Waals surface area contributed by atoms with E-state index in [2.05, 4.69) is 20.9 Å². The highest BCUT2D eigenvalue weighted by atomic mass is 79.9. The van der Waals surface area contributed by atoms with Crippen molar-refractivity contribution in [2.24, 2.45) is 0 Å². The Morgan fingerprint density at radius 3 is 2.58 bits per heavy atom. The SMILES string of the molecule is O=C1CC2CCCC(C1)N2C(=O)c1cncc(Br)c1. The summed E-state index contributed by atoms with van der Waals surface area (Å²) in [6, 6.07) is 1.97. The molecule has 0 spiro atoms. The van der Waals surface area contributed by atoms with Crippen LogP contribution in [-0.4, -0.2) is 33.7 Å². The van der Waals surface area contributed by atoms with E-state index < -0.39 is 0 Å². The van der Waals surface area contributed by atoms with Gasteiger partial charge in [0.1, 0.15) is 5.78 Å². The molecule has 2 saturated heterocycles. The lowest BCUT2D eigenvalue weighted by Gasteiger charge is -2.45. The Balaban J connectivity index is 1.89. The zero-order valence-electron chi connectivity index (χ0n) is 10.5. The van der Waals surface area contributed by atoms with E-state index in [0.717, 1.165) is 23.7 Å². The smallest absolute Gasteiger partial charge is 0.255 e. The second kappa shape index (κ2) is 5.04. The van der Waals surface area contributed by atoms with Crippen molar-refractivity contribution in [2.75, 3.05) is 0 Å². The maximum absolute atomic E-state index is 12.6. The third kappa shape index (κ3) is 2.43. The van der Waals surface area contributed by atoms with Gasteiger partial charge in [0.15, 0.2) is 0 Å². The highest BCUT2D eigenvalue weighted by molar-refractivity contribution is 9.10. The number of nitrogens with zero attached hydrogens (tertiary/aromatic N) is 2. The molecule has 19 heavy (non-hydrogen) atoms. The summed E-state index contributed by atoms with van der Waals surface area (Å²) >= 11 is 3.34. The molecule has 0 radical (unpaired) electrons. The first kappa shape index (κ1) is 12.8. The minimum Gasteiger partial charge on any atom is -0.332 e. The van der Waals surface area contributed by atoms with Crippen LogP contribution in [0, 0.1) is 0 Å². The van der Waals surface area contributed by atoms with Crippen molar-refractivity contribution in [3.8, 4) is 0 Å². The van der Waals surface area contributed by atoms with Gasteiger partial charge in [-0.2, -0.15) is 0 Å². The molecule has 2 aliphatic heterocycles. The Hall–Kier alpha value is -1.23. The summed E-state index contributed by atoms with van der Waals surface area (Å²) in [7, 11) is 0. The summed E-state index contributed by atoms with van der Waals surface area (Å²) in [6.07, 6.45) is 7.29. The van der Waals surface area contributed by atoms with Gasteiger partial charge in [-0.25, -0.2) is 0 Å². The van der Waals surface area contributed by atoms with Crippen LogP contribution in [0.25, 0.3) is 0 Å². The molecule has 0 N–H and O–H groups in total. The van der Waals surface area contributed by atoms with Gasteiger partial charge in [-0.3, -0.25) is 14.6 Å². The van der Waals surface area contributed by atoms with Crippen LogP contribution in [0.15, 0.2) is 22.9 Å². The number of halogens is 1. The number of pyridine rings is 1. The number of aromatic nitrogens is 1. The van der Waals surface area contributed by atoms with Gasteiger partial charge >= 0.3 is 0 Å². The summed E-state index contributed by atoms with van der Waals surface area (Å²) in [5, 5.41) is 0. The largest absolute Gasteiger partial charge is 0.332 e. The van der Waals surface area contributed by atoms with Crippen LogP contribution < -0.4 is 0 Å². The van der Waals surface area contributed by atoms with Crippen molar-refractivity contribution in [3.63, 3.8) is 0 Å². The molecule has 2 bridgehead atoms. The summed E-state index contributed by atoms with van der Waals surface area (Å²) in [4.78, 5) is 30.3. The molecule has 5 heteroatoms.